The van der Waals surface area contributed by atoms with E-state index in [0.29, 0.717) is 0 Å². The largest absolute Gasteiger partial charge is 0.355 e. The van der Waals surface area contributed by atoms with Crippen molar-refractivity contribution in [1.82, 2.24) is 19.6 Å². The van der Waals surface area contributed by atoms with Crippen LogP contribution in [0, 0.1) is 40.4 Å². The third kappa shape index (κ3) is 6.86. The zero-order valence-corrected chi connectivity index (χ0v) is 20.0. The molecule has 3 aliphatic heterocycles. The van der Waals surface area contributed by atoms with Crippen molar-refractivity contribution >= 4 is 0 Å². The van der Waals surface area contributed by atoms with Gasteiger partial charge in [-0.1, -0.05) is 20.8 Å². The van der Waals surface area contributed by atoms with Crippen molar-refractivity contribution in [3.05, 3.63) is 11.4 Å². The average Bonchev–Trinajstić information content (AvgIpc) is 3.12. The lowest BCUT2D eigenvalue weighted by Gasteiger charge is -2.35. The van der Waals surface area contributed by atoms with Crippen molar-refractivity contribution in [3.63, 3.8) is 0 Å². The van der Waals surface area contributed by atoms with E-state index < -0.39 is 0 Å². The number of allylic oxidation sites excluding steroid dienone is 1. The lowest BCUT2D eigenvalue weighted by atomic mass is 9.92. The molecule has 172 valence electrons. The van der Waals surface area contributed by atoms with Gasteiger partial charge in [-0.25, -0.2) is 0 Å². The van der Waals surface area contributed by atoms with E-state index >= 15 is 0 Å². The van der Waals surface area contributed by atoms with Crippen molar-refractivity contribution in [3.8, 4) is 12.1 Å². The van der Waals surface area contributed by atoms with Gasteiger partial charge in [-0.3, -0.25) is 0 Å². The second-order valence-electron chi connectivity index (χ2n) is 10.3. The van der Waals surface area contributed by atoms with Gasteiger partial charge in [0.15, 0.2) is 5.57 Å². The molecule has 0 radical (unpaired) electrons. The fraction of sp³-hybridized carbons (Fsp3) is 0.840. The van der Waals surface area contributed by atoms with Crippen molar-refractivity contribution in [1.29, 1.82) is 10.5 Å². The topological polar surface area (TPSA) is 60.5 Å². The Morgan fingerprint density at radius 1 is 0.742 bits per heavy atom. The lowest BCUT2D eigenvalue weighted by molar-refractivity contribution is 0.136. The standard InChI is InChI=1S/C25H42N6/c1-21-6-12-28(13-7-21)8-4-10-30-14-15-31(25(30)24(17-26)18-27)11-5-9-29-19-22(2)16-23(3)20-29/h21-23H,4-16,19-20H2,1-3H3. The molecule has 3 aliphatic rings. The summed E-state index contributed by atoms with van der Waals surface area (Å²) < 4.78 is 0. The van der Waals surface area contributed by atoms with Crippen LogP contribution in [0.15, 0.2) is 11.4 Å². The van der Waals surface area contributed by atoms with E-state index in [1.807, 2.05) is 0 Å². The van der Waals surface area contributed by atoms with Crippen molar-refractivity contribution < 1.29 is 0 Å². The number of rotatable bonds is 8. The Labute approximate surface area is 190 Å². The minimum Gasteiger partial charge on any atom is -0.355 e. The molecule has 0 N–H and O–H groups in total. The Kier molecular flexibility index (Phi) is 9.05. The molecule has 2 atom stereocenters. The minimum absolute atomic E-state index is 0.282. The van der Waals surface area contributed by atoms with Crippen molar-refractivity contribution in [2.24, 2.45) is 17.8 Å². The third-order valence-electron chi connectivity index (χ3n) is 7.31. The van der Waals surface area contributed by atoms with Crippen LogP contribution in [0.1, 0.15) is 52.9 Å². The summed E-state index contributed by atoms with van der Waals surface area (Å²) in [5.41, 5.74) is 0.282. The molecule has 0 amide bonds. The van der Waals surface area contributed by atoms with Crippen LogP contribution in [-0.2, 0) is 0 Å². The maximum absolute atomic E-state index is 9.56. The molecule has 6 nitrogen and oxygen atoms in total. The number of piperidine rings is 2. The maximum atomic E-state index is 9.56. The van der Waals surface area contributed by atoms with Gasteiger partial charge in [-0.2, -0.15) is 10.5 Å². The molecule has 0 saturated carbocycles. The molecule has 3 rings (SSSR count). The highest BCUT2D eigenvalue weighted by molar-refractivity contribution is 5.40. The van der Waals surface area contributed by atoms with E-state index in [4.69, 9.17) is 0 Å². The van der Waals surface area contributed by atoms with Gasteiger partial charge in [0.25, 0.3) is 0 Å². The summed E-state index contributed by atoms with van der Waals surface area (Å²) in [6, 6.07) is 4.33. The number of nitriles is 2. The first-order chi connectivity index (χ1) is 15.0. The molecular weight excluding hydrogens is 384 g/mol. The van der Waals surface area contributed by atoms with Crippen LogP contribution in [0.2, 0.25) is 0 Å². The quantitative estimate of drug-likeness (QED) is 0.555. The summed E-state index contributed by atoms with van der Waals surface area (Å²) in [6.07, 6.45) is 6.15. The molecule has 0 aromatic rings. The highest BCUT2D eigenvalue weighted by Gasteiger charge is 2.29. The van der Waals surface area contributed by atoms with E-state index in [1.165, 1.54) is 45.4 Å². The minimum atomic E-state index is 0.282. The fourth-order valence-electron chi connectivity index (χ4n) is 5.76. The molecule has 0 aromatic heterocycles. The highest BCUT2D eigenvalue weighted by Crippen LogP contribution is 2.24. The predicted octanol–water partition coefficient (Wildman–Crippen LogP) is 3.35. The molecule has 2 unspecified atom stereocenters. The Morgan fingerprint density at radius 3 is 1.77 bits per heavy atom. The van der Waals surface area contributed by atoms with Crippen LogP contribution in [0.4, 0.5) is 0 Å². The summed E-state index contributed by atoms with van der Waals surface area (Å²) >= 11 is 0. The van der Waals surface area contributed by atoms with Gasteiger partial charge < -0.3 is 19.6 Å². The van der Waals surface area contributed by atoms with Gasteiger partial charge >= 0.3 is 0 Å². The Balaban J connectivity index is 1.49. The Hall–Kier alpha value is -1.76. The first-order valence-corrected chi connectivity index (χ1v) is 12.5. The normalized spacial score (nSPS) is 26.2. The third-order valence-corrected chi connectivity index (χ3v) is 7.31. The summed E-state index contributed by atoms with van der Waals surface area (Å²) in [5, 5.41) is 19.1. The van der Waals surface area contributed by atoms with Crippen molar-refractivity contribution in [2.45, 2.75) is 52.9 Å². The van der Waals surface area contributed by atoms with E-state index in [2.05, 4.69) is 52.5 Å². The summed E-state index contributed by atoms with van der Waals surface area (Å²) in [7, 11) is 0. The van der Waals surface area contributed by atoms with Gasteiger partial charge in [0.05, 0.1) is 0 Å². The molecule has 0 aromatic carbocycles. The maximum Gasteiger partial charge on any atom is 0.169 e. The van der Waals surface area contributed by atoms with Crippen molar-refractivity contribution in [2.75, 3.05) is 65.4 Å². The van der Waals surface area contributed by atoms with Gasteiger partial charge in [-0.05, 0) is 76.0 Å². The first kappa shape index (κ1) is 23.9. The first-order valence-electron chi connectivity index (χ1n) is 12.5. The second-order valence-corrected chi connectivity index (χ2v) is 10.3. The predicted molar refractivity (Wildman–Crippen MR) is 125 cm³/mol. The monoisotopic (exact) mass is 426 g/mol. The average molecular weight is 427 g/mol. The van der Waals surface area contributed by atoms with Gasteiger partial charge in [0, 0.05) is 39.3 Å². The molecule has 3 heterocycles. The number of hydrogen-bond donors (Lipinski definition) is 0. The van der Waals surface area contributed by atoms with Crippen LogP contribution in [0.25, 0.3) is 0 Å². The van der Waals surface area contributed by atoms with Gasteiger partial charge in [0.2, 0.25) is 0 Å². The summed E-state index contributed by atoms with van der Waals surface area (Å²) in [5.74, 6) is 3.32. The zero-order chi connectivity index (χ0) is 22.2. The molecule has 0 aliphatic carbocycles. The molecule has 0 bridgehead atoms. The van der Waals surface area contributed by atoms with Crippen LogP contribution in [-0.4, -0.2) is 85.0 Å². The summed E-state index contributed by atoms with van der Waals surface area (Å²) in [4.78, 5) is 9.76. The fourth-order valence-corrected chi connectivity index (χ4v) is 5.76. The van der Waals surface area contributed by atoms with Crippen LogP contribution in [0.3, 0.4) is 0 Å². The smallest absolute Gasteiger partial charge is 0.169 e. The Morgan fingerprint density at radius 2 is 1.26 bits per heavy atom. The van der Waals surface area contributed by atoms with Crippen LogP contribution >= 0.6 is 0 Å². The molecule has 31 heavy (non-hydrogen) atoms. The van der Waals surface area contributed by atoms with E-state index in [-0.39, 0.29) is 5.57 Å². The molecular formula is C25H42N6. The van der Waals surface area contributed by atoms with E-state index in [1.54, 1.807) is 0 Å². The van der Waals surface area contributed by atoms with Gasteiger partial charge in [-0.15, -0.1) is 0 Å². The van der Waals surface area contributed by atoms with E-state index in [0.717, 1.165) is 75.7 Å². The highest BCUT2D eigenvalue weighted by atomic mass is 15.4. The number of likely N-dealkylation sites (tertiary alicyclic amines) is 2. The number of nitrogens with zero attached hydrogens (tertiary/aromatic N) is 6. The second kappa shape index (κ2) is 11.7. The van der Waals surface area contributed by atoms with Gasteiger partial charge in [0.1, 0.15) is 18.0 Å². The molecule has 3 fully saturated rings. The molecule has 3 saturated heterocycles. The van der Waals surface area contributed by atoms with Crippen LogP contribution in [0.5, 0.6) is 0 Å². The number of hydrogen-bond acceptors (Lipinski definition) is 6. The zero-order valence-electron chi connectivity index (χ0n) is 20.0. The lowest BCUT2D eigenvalue weighted by Crippen LogP contribution is -2.40. The van der Waals surface area contributed by atoms with E-state index in [9.17, 15) is 10.5 Å². The summed E-state index contributed by atoms with van der Waals surface area (Å²) in [6.45, 7) is 17.9. The Bertz CT molecular complexity index is 655. The molecule has 0 spiro atoms. The SMILES string of the molecule is CC1CCN(CCCN2CCN(CCCN3CC(C)CC(C)C3)C2=C(C#N)C#N)CC1. The van der Waals surface area contributed by atoms with Crippen LogP contribution < -0.4 is 0 Å². The molecule has 6 heteroatoms.